The molecule has 1 aliphatic heterocycles. The summed E-state index contributed by atoms with van der Waals surface area (Å²) in [7, 11) is 0. The standard InChI is InChI=1S/C25H24FN5O2/c26-21-12-18(17-4-6-22-19(11-17)7-9-27-22)3-5-20(21)23-28-29-25(33)31(23)14-15-8-10-30(13-15)24(32)16-1-2-16/h3-7,9,11-12,15-16,27H,1-2,8,10,13-14H2,(H,29,33). The average Bonchev–Trinajstić information content (AvgIpc) is 3.21. The number of amides is 1. The van der Waals surface area contributed by atoms with E-state index >= 15 is 4.39 Å². The van der Waals surface area contributed by atoms with E-state index in [4.69, 9.17) is 0 Å². The molecule has 0 spiro atoms. The molecule has 2 fully saturated rings. The van der Waals surface area contributed by atoms with Gasteiger partial charge in [0, 0.05) is 37.3 Å². The Morgan fingerprint density at radius 3 is 2.73 bits per heavy atom. The summed E-state index contributed by atoms with van der Waals surface area (Å²) < 4.78 is 16.7. The summed E-state index contributed by atoms with van der Waals surface area (Å²) in [6.07, 6.45) is 4.68. The number of aromatic nitrogens is 4. The van der Waals surface area contributed by atoms with Crippen molar-refractivity contribution in [3.8, 4) is 22.5 Å². The van der Waals surface area contributed by atoms with Gasteiger partial charge in [0.1, 0.15) is 5.82 Å². The molecule has 1 unspecified atom stereocenters. The topological polar surface area (TPSA) is 86.8 Å². The van der Waals surface area contributed by atoms with E-state index in [0.717, 1.165) is 47.8 Å². The van der Waals surface area contributed by atoms with E-state index in [9.17, 15) is 9.59 Å². The zero-order valence-electron chi connectivity index (χ0n) is 18.1. The maximum absolute atomic E-state index is 15.2. The number of hydrogen-bond acceptors (Lipinski definition) is 3. The second-order valence-electron chi connectivity index (χ2n) is 9.15. The molecule has 2 aromatic carbocycles. The summed E-state index contributed by atoms with van der Waals surface area (Å²) in [4.78, 5) is 29.9. The van der Waals surface area contributed by atoms with E-state index in [1.165, 1.54) is 10.6 Å². The molecule has 7 nitrogen and oxygen atoms in total. The summed E-state index contributed by atoms with van der Waals surface area (Å²) in [5.41, 5.74) is 2.62. The normalized spacial score (nSPS) is 18.3. The van der Waals surface area contributed by atoms with Crippen molar-refractivity contribution in [2.24, 2.45) is 11.8 Å². The van der Waals surface area contributed by atoms with Crippen LogP contribution in [0.5, 0.6) is 0 Å². The van der Waals surface area contributed by atoms with Gasteiger partial charge in [0.05, 0.1) is 5.56 Å². The van der Waals surface area contributed by atoms with Crippen LogP contribution in [0.2, 0.25) is 0 Å². The van der Waals surface area contributed by atoms with Crippen molar-refractivity contribution in [1.29, 1.82) is 0 Å². The van der Waals surface area contributed by atoms with Gasteiger partial charge >= 0.3 is 5.69 Å². The molecule has 8 heteroatoms. The van der Waals surface area contributed by atoms with Crippen molar-refractivity contribution in [1.82, 2.24) is 24.6 Å². The molecule has 0 radical (unpaired) electrons. The minimum absolute atomic E-state index is 0.150. The Balaban J connectivity index is 1.25. The Bertz CT molecular complexity index is 1410. The maximum Gasteiger partial charge on any atom is 0.343 e. The van der Waals surface area contributed by atoms with Gasteiger partial charge in [0.15, 0.2) is 5.82 Å². The maximum atomic E-state index is 15.2. The van der Waals surface area contributed by atoms with E-state index in [1.54, 1.807) is 6.07 Å². The molecule has 1 amide bonds. The highest BCUT2D eigenvalue weighted by atomic mass is 19.1. The molecule has 1 saturated heterocycles. The van der Waals surface area contributed by atoms with Gasteiger partial charge in [0.2, 0.25) is 5.91 Å². The fourth-order valence-corrected chi connectivity index (χ4v) is 4.83. The van der Waals surface area contributed by atoms with Crippen molar-refractivity contribution in [2.75, 3.05) is 13.1 Å². The van der Waals surface area contributed by atoms with Gasteiger partial charge in [-0.25, -0.2) is 14.3 Å². The van der Waals surface area contributed by atoms with Gasteiger partial charge in [-0.1, -0.05) is 12.1 Å². The highest BCUT2D eigenvalue weighted by Crippen LogP contribution is 2.33. The number of nitrogens with one attached hydrogen (secondary N) is 2. The van der Waals surface area contributed by atoms with Gasteiger partial charge in [-0.15, -0.1) is 0 Å². The van der Waals surface area contributed by atoms with Crippen molar-refractivity contribution in [3.63, 3.8) is 0 Å². The number of hydrogen-bond donors (Lipinski definition) is 2. The first-order valence-corrected chi connectivity index (χ1v) is 11.4. The molecule has 1 aliphatic carbocycles. The van der Waals surface area contributed by atoms with E-state index < -0.39 is 5.82 Å². The van der Waals surface area contributed by atoms with E-state index in [1.807, 2.05) is 41.4 Å². The Morgan fingerprint density at radius 1 is 1.09 bits per heavy atom. The second-order valence-corrected chi connectivity index (χ2v) is 9.15. The lowest BCUT2D eigenvalue weighted by Crippen LogP contribution is -2.31. The highest BCUT2D eigenvalue weighted by Gasteiger charge is 2.37. The summed E-state index contributed by atoms with van der Waals surface area (Å²) >= 11 is 0. The predicted octanol–water partition coefficient (Wildman–Crippen LogP) is 3.78. The first kappa shape index (κ1) is 20.0. The predicted molar refractivity (Wildman–Crippen MR) is 123 cm³/mol. The van der Waals surface area contributed by atoms with E-state index in [0.29, 0.717) is 13.1 Å². The SMILES string of the molecule is O=C(C1CC1)N1CCC(Cn2c(-c3ccc(-c4ccc5[nH]ccc5c4)cc3F)n[nH]c2=O)C1. The number of H-pyrrole nitrogens is 2. The van der Waals surface area contributed by atoms with Gasteiger partial charge in [-0.2, -0.15) is 5.10 Å². The number of nitrogens with zero attached hydrogens (tertiary/aromatic N) is 3. The first-order valence-electron chi connectivity index (χ1n) is 11.4. The van der Waals surface area contributed by atoms with Crippen LogP contribution in [0.1, 0.15) is 19.3 Å². The Morgan fingerprint density at radius 2 is 1.91 bits per heavy atom. The van der Waals surface area contributed by atoms with E-state index in [-0.39, 0.29) is 34.8 Å². The number of fused-ring (bicyclic) bond motifs is 1. The Hall–Kier alpha value is -3.68. The fourth-order valence-electron chi connectivity index (χ4n) is 4.83. The summed E-state index contributed by atoms with van der Waals surface area (Å²) in [5.74, 6) is 0.436. The molecular formula is C25H24FN5O2. The van der Waals surface area contributed by atoms with Crippen LogP contribution in [0.15, 0.2) is 53.5 Å². The summed E-state index contributed by atoms with van der Waals surface area (Å²) in [6, 6.07) is 12.9. The number of halogens is 1. The van der Waals surface area contributed by atoms with Crippen LogP contribution in [0, 0.1) is 17.7 Å². The lowest BCUT2D eigenvalue weighted by Gasteiger charge is -2.16. The van der Waals surface area contributed by atoms with Crippen LogP contribution in [0.25, 0.3) is 33.4 Å². The molecule has 0 bridgehead atoms. The fraction of sp³-hybridized carbons (Fsp3) is 0.320. The average molecular weight is 445 g/mol. The Kier molecular flexibility index (Phi) is 4.67. The molecule has 2 aromatic heterocycles. The quantitative estimate of drug-likeness (QED) is 0.490. The lowest BCUT2D eigenvalue weighted by molar-refractivity contribution is -0.131. The first-order chi connectivity index (χ1) is 16.1. The summed E-state index contributed by atoms with van der Waals surface area (Å²) in [5, 5.41) is 7.65. The van der Waals surface area contributed by atoms with Crippen LogP contribution in [0.3, 0.4) is 0 Å². The monoisotopic (exact) mass is 445 g/mol. The largest absolute Gasteiger partial charge is 0.361 e. The molecule has 6 rings (SSSR count). The van der Waals surface area contributed by atoms with Crippen LogP contribution in [0.4, 0.5) is 4.39 Å². The van der Waals surface area contributed by atoms with Crippen LogP contribution >= 0.6 is 0 Å². The minimum atomic E-state index is -0.432. The number of carbonyl (C=O) groups excluding carboxylic acids is 1. The van der Waals surface area contributed by atoms with Gasteiger partial charge in [-0.3, -0.25) is 9.36 Å². The molecular weight excluding hydrogens is 421 g/mol. The number of benzene rings is 2. The number of rotatable bonds is 5. The zero-order chi connectivity index (χ0) is 22.5. The van der Waals surface area contributed by atoms with E-state index in [2.05, 4.69) is 15.2 Å². The van der Waals surface area contributed by atoms with Gasteiger partial charge in [0.25, 0.3) is 0 Å². The van der Waals surface area contributed by atoms with Gasteiger partial charge < -0.3 is 9.88 Å². The number of carbonyl (C=O) groups is 1. The zero-order valence-corrected chi connectivity index (χ0v) is 18.1. The third kappa shape index (κ3) is 3.65. The second kappa shape index (κ2) is 7.72. The van der Waals surface area contributed by atoms with Crippen molar-refractivity contribution < 1.29 is 9.18 Å². The highest BCUT2D eigenvalue weighted by molar-refractivity contribution is 5.85. The van der Waals surface area contributed by atoms with Crippen molar-refractivity contribution >= 4 is 16.8 Å². The minimum Gasteiger partial charge on any atom is -0.361 e. The van der Waals surface area contributed by atoms with Crippen LogP contribution < -0.4 is 5.69 Å². The molecule has 4 aromatic rings. The van der Waals surface area contributed by atoms with Crippen LogP contribution in [-0.4, -0.2) is 43.6 Å². The molecule has 2 aliphatic rings. The van der Waals surface area contributed by atoms with Gasteiger partial charge in [-0.05, 0) is 72.0 Å². The summed E-state index contributed by atoms with van der Waals surface area (Å²) in [6.45, 7) is 1.76. The molecule has 2 N–H and O–H groups in total. The van der Waals surface area contributed by atoms with Crippen LogP contribution in [-0.2, 0) is 11.3 Å². The third-order valence-corrected chi connectivity index (χ3v) is 6.82. The third-order valence-electron chi connectivity index (χ3n) is 6.82. The molecule has 3 heterocycles. The van der Waals surface area contributed by atoms with Crippen molar-refractivity contribution in [3.05, 3.63) is 65.0 Å². The molecule has 1 atom stereocenters. The van der Waals surface area contributed by atoms with Crippen molar-refractivity contribution in [2.45, 2.75) is 25.8 Å². The molecule has 1 saturated carbocycles. The lowest BCUT2D eigenvalue weighted by atomic mass is 10.0. The molecule has 168 valence electrons. The smallest absolute Gasteiger partial charge is 0.343 e. The molecule has 33 heavy (non-hydrogen) atoms. The Labute approximate surface area is 189 Å². The number of likely N-dealkylation sites (tertiary alicyclic amines) is 1. The number of aromatic amines is 2.